The molecule has 0 aromatic carbocycles. The van der Waals surface area contributed by atoms with E-state index < -0.39 is 0 Å². The Hall–Kier alpha value is -0.450. The topological polar surface area (TPSA) is 28.2 Å². The van der Waals surface area contributed by atoms with Gasteiger partial charge in [0.05, 0.1) is 0 Å². The molecule has 1 fully saturated rings. The highest BCUT2D eigenvalue weighted by molar-refractivity contribution is 7.09. The number of aromatic nitrogens is 1. The average Bonchev–Trinajstić information content (AvgIpc) is 2.74. The second-order valence-electron chi connectivity index (χ2n) is 4.03. The Morgan fingerprint density at radius 2 is 2.57 bits per heavy atom. The van der Waals surface area contributed by atoms with Crippen LogP contribution in [0.1, 0.15) is 18.4 Å². The summed E-state index contributed by atoms with van der Waals surface area (Å²) in [4.78, 5) is 6.66. The maximum absolute atomic E-state index is 4.26. The summed E-state index contributed by atoms with van der Waals surface area (Å²) in [6.07, 6.45) is 3.12. The Balaban J connectivity index is 1.77. The summed E-state index contributed by atoms with van der Waals surface area (Å²) in [5.74, 6) is 0. The highest BCUT2D eigenvalue weighted by Crippen LogP contribution is 2.15. The van der Waals surface area contributed by atoms with Crippen molar-refractivity contribution in [3.8, 4) is 0 Å². The van der Waals surface area contributed by atoms with Crippen molar-refractivity contribution in [3.63, 3.8) is 0 Å². The Morgan fingerprint density at radius 3 is 3.14 bits per heavy atom. The van der Waals surface area contributed by atoms with Gasteiger partial charge in [0.1, 0.15) is 5.01 Å². The van der Waals surface area contributed by atoms with E-state index in [4.69, 9.17) is 0 Å². The number of likely N-dealkylation sites (N-methyl/N-ethyl adjacent to an activating group) is 1. The maximum Gasteiger partial charge on any atom is 0.106 e. The predicted molar refractivity (Wildman–Crippen MR) is 59.5 cm³/mol. The summed E-state index contributed by atoms with van der Waals surface area (Å²) in [5, 5.41) is 6.77. The van der Waals surface area contributed by atoms with E-state index in [1.807, 2.05) is 11.6 Å². The van der Waals surface area contributed by atoms with E-state index in [9.17, 15) is 0 Å². The lowest BCUT2D eigenvalue weighted by molar-refractivity contribution is 0.326. The van der Waals surface area contributed by atoms with Crippen molar-refractivity contribution in [1.29, 1.82) is 0 Å². The van der Waals surface area contributed by atoms with Crippen LogP contribution in [0.4, 0.5) is 0 Å². The second-order valence-corrected chi connectivity index (χ2v) is 5.01. The van der Waals surface area contributed by atoms with Crippen LogP contribution >= 0.6 is 11.3 Å². The lowest BCUT2D eigenvalue weighted by Crippen LogP contribution is -2.30. The fraction of sp³-hybridized carbons (Fsp3) is 0.700. The highest BCUT2D eigenvalue weighted by atomic mass is 32.1. The molecule has 2 rings (SSSR count). The first kappa shape index (κ1) is 10.1. The third-order valence-electron chi connectivity index (χ3n) is 2.91. The van der Waals surface area contributed by atoms with Crippen molar-refractivity contribution in [2.45, 2.75) is 32.0 Å². The lowest BCUT2D eigenvalue weighted by Gasteiger charge is -2.12. The summed E-state index contributed by atoms with van der Waals surface area (Å²) in [7, 11) is 2.19. The van der Waals surface area contributed by atoms with Gasteiger partial charge in [-0.05, 0) is 20.4 Å². The van der Waals surface area contributed by atoms with E-state index in [0.29, 0.717) is 12.1 Å². The van der Waals surface area contributed by atoms with Crippen LogP contribution in [0.3, 0.4) is 0 Å². The van der Waals surface area contributed by atoms with Crippen LogP contribution in [0, 0.1) is 0 Å². The molecule has 2 atom stereocenters. The highest BCUT2D eigenvalue weighted by Gasteiger charge is 2.25. The van der Waals surface area contributed by atoms with Crippen LogP contribution < -0.4 is 5.32 Å². The number of likely N-dealkylation sites (tertiary alicyclic amines) is 1. The molecule has 2 unspecified atom stereocenters. The van der Waals surface area contributed by atoms with Gasteiger partial charge in [0, 0.05) is 36.8 Å². The van der Waals surface area contributed by atoms with E-state index in [1.165, 1.54) is 11.4 Å². The fourth-order valence-electron chi connectivity index (χ4n) is 1.91. The van der Waals surface area contributed by atoms with Gasteiger partial charge in [-0.1, -0.05) is 0 Å². The van der Waals surface area contributed by atoms with Crippen LogP contribution in [0.15, 0.2) is 11.6 Å². The molecule has 14 heavy (non-hydrogen) atoms. The van der Waals surface area contributed by atoms with Crippen LogP contribution in [-0.2, 0) is 6.54 Å². The molecule has 1 saturated heterocycles. The average molecular weight is 211 g/mol. The van der Waals surface area contributed by atoms with E-state index >= 15 is 0 Å². The molecule has 2 heterocycles. The summed E-state index contributed by atoms with van der Waals surface area (Å²) < 4.78 is 0. The molecule has 1 aliphatic heterocycles. The zero-order chi connectivity index (χ0) is 9.97. The molecule has 0 radical (unpaired) electrons. The van der Waals surface area contributed by atoms with Gasteiger partial charge in [0.15, 0.2) is 0 Å². The van der Waals surface area contributed by atoms with Crippen molar-refractivity contribution >= 4 is 11.3 Å². The van der Waals surface area contributed by atoms with Crippen LogP contribution in [0.2, 0.25) is 0 Å². The van der Waals surface area contributed by atoms with Crippen LogP contribution in [0.25, 0.3) is 0 Å². The molecule has 0 amide bonds. The molecule has 0 bridgehead atoms. The SMILES string of the molecule is CC1CC(NCc2nccs2)CN1C. The van der Waals surface area contributed by atoms with E-state index in [1.54, 1.807) is 11.3 Å². The van der Waals surface area contributed by atoms with E-state index in [-0.39, 0.29) is 0 Å². The quantitative estimate of drug-likeness (QED) is 0.817. The number of nitrogens with one attached hydrogen (secondary N) is 1. The molecule has 1 aromatic heterocycles. The zero-order valence-corrected chi connectivity index (χ0v) is 9.55. The maximum atomic E-state index is 4.26. The van der Waals surface area contributed by atoms with Crippen molar-refractivity contribution in [2.24, 2.45) is 0 Å². The predicted octanol–water partition coefficient (Wildman–Crippen LogP) is 1.33. The molecule has 0 spiro atoms. The van der Waals surface area contributed by atoms with Crippen molar-refractivity contribution in [2.75, 3.05) is 13.6 Å². The van der Waals surface area contributed by atoms with Gasteiger partial charge in [-0.3, -0.25) is 0 Å². The first-order valence-corrected chi connectivity index (χ1v) is 5.95. The molecule has 0 aliphatic carbocycles. The number of hydrogen-bond acceptors (Lipinski definition) is 4. The van der Waals surface area contributed by atoms with Gasteiger partial charge in [-0.25, -0.2) is 4.98 Å². The Labute approximate surface area is 89.1 Å². The largest absolute Gasteiger partial charge is 0.306 e. The minimum absolute atomic E-state index is 0.638. The number of thiazole rings is 1. The van der Waals surface area contributed by atoms with Gasteiger partial charge in [-0.15, -0.1) is 11.3 Å². The zero-order valence-electron chi connectivity index (χ0n) is 8.73. The van der Waals surface area contributed by atoms with Crippen molar-refractivity contribution in [1.82, 2.24) is 15.2 Å². The molecule has 1 N–H and O–H groups in total. The van der Waals surface area contributed by atoms with Crippen molar-refractivity contribution in [3.05, 3.63) is 16.6 Å². The van der Waals surface area contributed by atoms with Gasteiger partial charge in [0.25, 0.3) is 0 Å². The van der Waals surface area contributed by atoms with E-state index in [0.717, 1.165) is 13.1 Å². The number of rotatable bonds is 3. The Bertz CT molecular complexity index is 263. The molecule has 3 nitrogen and oxygen atoms in total. The van der Waals surface area contributed by atoms with E-state index in [2.05, 4.69) is 29.2 Å². The second kappa shape index (κ2) is 4.38. The van der Waals surface area contributed by atoms with Gasteiger partial charge in [-0.2, -0.15) is 0 Å². The summed E-state index contributed by atoms with van der Waals surface area (Å²) >= 11 is 1.72. The summed E-state index contributed by atoms with van der Waals surface area (Å²) in [5.41, 5.74) is 0. The minimum atomic E-state index is 0.638. The molecule has 1 aromatic rings. The van der Waals surface area contributed by atoms with Crippen molar-refractivity contribution < 1.29 is 0 Å². The van der Waals surface area contributed by atoms with Crippen LogP contribution in [0.5, 0.6) is 0 Å². The molecule has 1 aliphatic rings. The van der Waals surface area contributed by atoms with Gasteiger partial charge >= 0.3 is 0 Å². The standard InChI is InChI=1S/C10H17N3S/c1-8-5-9(7-13(8)2)12-6-10-11-3-4-14-10/h3-4,8-9,12H,5-7H2,1-2H3. The first-order chi connectivity index (χ1) is 6.75. The van der Waals surface area contributed by atoms with Gasteiger partial charge < -0.3 is 10.2 Å². The monoisotopic (exact) mass is 211 g/mol. The lowest BCUT2D eigenvalue weighted by atomic mass is 10.2. The molecule has 4 heteroatoms. The first-order valence-electron chi connectivity index (χ1n) is 5.07. The summed E-state index contributed by atoms with van der Waals surface area (Å²) in [6.45, 7) is 4.36. The Kier molecular flexibility index (Phi) is 3.15. The Morgan fingerprint density at radius 1 is 1.71 bits per heavy atom. The normalized spacial score (nSPS) is 28.4. The van der Waals surface area contributed by atoms with Crippen LogP contribution in [-0.4, -0.2) is 35.6 Å². The number of nitrogens with zero attached hydrogens (tertiary/aromatic N) is 2. The smallest absolute Gasteiger partial charge is 0.106 e. The van der Waals surface area contributed by atoms with Gasteiger partial charge in [0.2, 0.25) is 0 Å². The fourth-order valence-corrected chi connectivity index (χ4v) is 2.48. The summed E-state index contributed by atoms with van der Waals surface area (Å²) in [6, 6.07) is 1.35. The molecular weight excluding hydrogens is 194 g/mol. The third-order valence-corrected chi connectivity index (χ3v) is 3.69. The minimum Gasteiger partial charge on any atom is -0.306 e. The number of hydrogen-bond donors (Lipinski definition) is 1. The molecule has 78 valence electrons. The third kappa shape index (κ3) is 2.32. The molecular formula is C10H17N3S. The molecule has 0 saturated carbocycles.